The van der Waals surface area contributed by atoms with Crippen molar-refractivity contribution in [1.29, 1.82) is 0 Å². The van der Waals surface area contributed by atoms with Crippen molar-refractivity contribution in [2.75, 3.05) is 0 Å². The van der Waals surface area contributed by atoms with Crippen molar-refractivity contribution in [2.45, 2.75) is 38.4 Å². The van der Waals surface area contributed by atoms with Gasteiger partial charge >= 0.3 is 6.18 Å². The van der Waals surface area contributed by atoms with E-state index in [9.17, 15) is 13.2 Å². The van der Waals surface area contributed by atoms with Gasteiger partial charge in [-0.2, -0.15) is 13.2 Å². The third-order valence-electron chi connectivity index (χ3n) is 2.76. The molecule has 1 aromatic carbocycles. The molecule has 0 bridgehead atoms. The highest BCUT2D eigenvalue weighted by Crippen LogP contribution is 2.39. The van der Waals surface area contributed by atoms with Crippen LogP contribution in [-0.4, -0.2) is 5.54 Å². The molecule has 1 nitrogen and oxygen atoms in total. The minimum absolute atomic E-state index is 0. The summed E-state index contributed by atoms with van der Waals surface area (Å²) in [7, 11) is 0. The Morgan fingerprint density at radius 1 is 1.19 bits per heavy atom. The Balaban J connectivity index is 0.00000128. The van der Waals surface area contributed by atoms with Crippen LogP contribution in [0.3, 0.4) is 0 Å². The first-order chi connectivity index (χ1) is 6.91. The highest BCUT2D eigenvalue weighted by atomic mass is 19.4. The molecule has 1 aromatic rings. The van der Waals surface area contributed by atoms with Crippen molar-refractivity contribution in [3.8, 4) is 0 Å². The zero-order chi connectivity index (χ0) is 11.1. The second-order valence-corrected chi connectivity index (χ2v) is 4.19. The Hall–Kier alpha value is -1.03. The highest BCUT2D eigenvalue weighted by Gasteiger charge is 2.41. The van der Waals surface area contributed by atoms with Gasteiger partial charge in [0.2, 0.25) is 0 Å². The van der Waals surface area contributed by atoms with E-state index >= 15 is 0 Å². The van der Waals surface area contributed by atoms with Crippen molar-refractivity contribution in [2.24, 2.45) is 5.73 Å². The van der Waals surface area contributed by atoms with Gasteiger partial charge in [-0.15, -0.1) is 0 Å². The van der Waals surface area contributed by atoms with E-state index in [0.717, 1.165) is 18.9 Å². The third kappa shape index (κ3) is 2.76. The highest BCUT2D eigenvalue weighted by molar-refractivity contribution is 5.32. The minimum atomic E-state index is -4.28. The van der Waals surface area contributed by atoms with E-state index in [1.54, 1.807) is 6.07 Å². The van der Waals surface area contributed by atoms with E-state index < -0.39 is 11.7 Å². The number of hydrogen-bond donors (Lipinski definition) is 1. The van der Waals surface area contributed by atoms with Gasteiger partial charge in [-0.1, -0.05) is 25.6 Å². The number of nitrogens with two attached hydrogens (primary N) is 1. The van der Waals surface area contributed by atoms with Gasteiger partial charge in [0.25, 0.3) is 0 Å². The normalized spacial score (nSPS) is 17.8. The summed E-state index contributed by atoms with van der Waals surface area (Å²) in [6.07, 6.45) is -2.32. The van der Waals surface area contributed by atoms with E-state index in [0.29, 0.717) is 12.0 Å². The van der Waals surface area contributed by atoms with E-state index in [1.807, 2.05) is 0 Å². The summed E-state index contributed by atoms with van der Waals surface area (Å²) < 4.78 is 37.8. The Morgan fingerprint density at radius 3 is 2.25 bits per heavy atom. The molecule has 0 heterocycles. The second-order valence-electron chi connectivity index (χ2n) is 4.19. The summed E-state index contributed by atoms with van der Waals surface area (Å²) in [4.78, 5) is 0. The number of benzene rings is 1. The Labute approximate surface area is 93.5 Å². The molecule has 1 fully saturated rings. The van der Waals surface area contributed by atoms with Gasteiger partial charge in [0, 0.05) is 5.54 Å². The molecule has 0 unspecified atom stereocenters. The number of rotatable bonds is 2. The topological polar surface area (TPSA) is 26.0 Å². The summed E-state index contributed by atoms with van der Waals surface area (Å²) in [5, 5.41) is 0. The molecule has 0 radical (unpaired) electrons. The van der Waals surface area contributed by atoms with Crippen molar-refractivity contribution in [3.63, 3.8) is 0 Å². The molecule has 0 saturated heterocycles. The SMILES string of the molecule is C.NC1(Cc2ccccc2C(F)(F)F)CC1. The maximum atomic E-state index is 12.6. The van der Waals surface area contributed by atoms with Crippen molar-refractivity contribution in [1.82, 2.24) is 0 Å². The number of hydrogen-bond acceptors (Lipinski definition) is 1. The molecule has 4 heteroatoms. The third-order valence-corrected chi connectivity index (χ3v) is 2.76. The lowest BCUT2D eigenvalue weighted by molar-refractivity contribution is -0.138. The molecule has 0 amide bonds. The van der Waals surface area contributed by atoms with Crippen LogP contribution in [0.1, 0.15) is 31.4 Å². The average molecular weight is 231 g/mol. The summed E-state index contributed by atoms with van der Waals surface area (Å²) in [6, 6.07) is 5.65. The first kappa shape index (κ1) is 13.0. The molecule has 0 aliphatic heterocycles. The van der Waals surface area contributed by atoms with Gasteiger partial charge in [-0.25, -0.2) is 0 Å². The smallest absolute Gasteiger partial charge is 0.325 e. The van der Waals surface area contributed by atoms with Crippen LogP contribution in [0.25, 0.3) is 0 Å². The maximum Gasteiger partial charge on any atom is 0.416 e. The fourth-order valence-corrected chi connectivity index (χ4v) is 1.67. The summed E-state index contributed by atoms with van der Waals surface area (Å²) in [5.41, 5.74) is 5.19. The average Bonchev–Trinajstić information content (AvgIpc) is 2.82. The van der Waals surface area contributed by atoms with Crippen molar-refractivity contribution in [3.05, 3.63) is 35.4 Å². The summed E-state index contributed by atoms with van der Waals surface area (Å²) >= 11 is 0. The zero-order valence-electron chi connectivity index (χ0n) is 8.14. The van der Waals surface area contributed by atoms with Gasteiger partial charge in [0.15, 0.2) is 0 Å². The Kier molecular flexibility index (Phi) is 3.33. The first-order valence-electron chi connectivity index (χ1n) is 4.85. The lowest BCUT2D eigenvalue weighted by Gasteiger charge is -2.15. The number of alkyl halides is 3. The van der Waals surface area contributed by atoms with Crippen LogP contribution in [0.5, 0.6) is 0 Å². The molecule has 90 valence electrons. The monoisotopic (exact) mass is 231 g/mol. The second kappa shape index (κ2) is 4.09. The molecular weight excluding hydrogens is 215 g/mol. The zero-order valence-corrected chi connectivity index (χ0v) is 8.14. The Morgan fingerprint density at radius 2 is 1.75 bits per heavy atom. The first-order valence-corrected chi connectivity index (χ1v) is 4.85. The molecule has 1 saturated carbocycles. The molecule has 2 N–H and O–H groups in total. The molecule has 1 aliphatic rings. The van der Waals surface area contributed by atoms with E-state index in [-0.39, 0.29) is 13.0 Å². The fraction of sp³-hybridized carbons (Fsp3) is 0.500. The van der Waals surface area contributed by atoms with Crippen LogP contribution in [0.15, 0.2) is 24.3 Å². The predicted octanol–water partition coefficient (Wildman–Crippen LogP) is 3.38. The quantitative estimate of drug-likeness (QED) is 0.829. The lowest BCUT2D eigenvalue weighted by atomic mass is 9.99. The summed E-state index contributed by atoms with van der Waals surface area (Å²) in [5.74, 6) is 0. The van der Waals surface area contributed by atoms with E-state index in [2.05, 4.69) is 0 Å². The predicted molar refractivity (Wildman–Crippen MR) is 58.0 cm³/mol. The molecular formula is C12H16F3N. The lowest BCUT2D eigenvalue weighted by Crippen LogP contribution is -2.26. The van der Waals surface area contributed by atoms with E-state index in [4.69, 9.17) is 5.73 Å². The van der Waals surface area contributed by atoms with E-state index in [1.165, 1.54) is 12.1 Å². The van der Waals surface area contributed by atoms with Gasteiger partial charge < -0.3 is 5.73 Å². The standard InChI is InChI=1S/C11H12F3N.CH4/c12-11(13,14)9-4-2-1-3-8(9)7-10(15)5-6-10;/h1-4H,5-7,15H2;1H4. The van der Waals surface area contributed by atoms with Crippen LogP contribution < -0.4 is 5.73 Å². The van der Waals surface area contributed by atoms with Crippen molar-refractivity contribution < 1.29 is 13.2 Å². The van der Waals surface area contributed by atoms with Crippen LogP contribution in [-0.2, 0) is 12.6 Å². The minimum Gasteiger partial charge on any atom is -0.325 e. The Bertz CT molecular complexity index is 367. The van der Waals surface area contributed by atoms with Crippen molar-refractivity contribution >= 4 is 0 Å². The molecule has 2 rings (SSSR count). The van der Waals surface area contributed by atoms with Crippen LogP contribution >= 0.6 is 0 Å². The molecule has 0 spiro atoms. The van der Waals surface area contributed by atoms with Crippen LogP contribution in [0, 0.1) is 0 Å². The van der Waals surface area contributed by atoms with Crippen LogP contribution in [0.4, 0.5) is 13.2 Å². The molecule has 16 heavy (non-hydrogen) atoms. The van der Waals surface area contributed by atoms with Gasteiger partial charge in [-0.05, 0) is 30.9 Å². The molecule has 1 aliphatic carbocycles. The number of halogens is 3. The van der Waals surface area contributed by atoms with Crippen LogP contribution in [0.2, 0.25) is 0 Å². The maximum absolute atomic E-state index is 12.6. The van der Waals surface area contributed by atoms with Gasteiger partial charge in [0.1, 0.15) is 0 Å². The van der Waals surface area contributed by atoms with Gasteiger partial charge in [-0.3, -0.25) is 0 Å². The molecule has 0 aromatic heterocycles. The fourth-order valence-electron chi connectivity index (χ4n) is 1.67. The summed E-state index contributed by atoms with van der Waals surface area (Å²) in [6.45, 7) is 0. The largest absolute Gasteiger partial charge is 0.416 e. The van der Waals surface area contributed by atoms with Gasteiger partial charge in [0.05, 0.1) is 5.56 Å². The molecule has 0 atom stereocenters.